The van der Waals surface area contributed by atoms with Gasteiger partial charge in [-0.25, -0.2) is 0 Å². The van der Waals surface area contributed by atoms with Crippen molar-refractivity contribution >= 4 is 0 Å². The summed E-state index contributed by atoms with van der Waals surface area (Å²) < 4.78 is 12.7. The maximum Gasteiger partial charge on any atom is 0.151 e. The number of morpholine rings is 1. The van der Waals surface area contributed by atoms with E-state index in [0.29, 0.717) is 5.92 Å². The first-order valence-electron chi connectivity index (χ1n) is 9.54. The quantitative estimate of drug-likeness (QED) is 0.874. The van der Waals surface area contributed by atoms with E-state index >= 15 is 0 Å². The normalized spacial score (nSPS) is 22.6. The first-order chi connectivity index (χ1) is 12.4. The fourth-order valence-corrected chi connectivity index (χ4v) is 4.08. The Morgan fingerprint density at radius 2 is 1.72 bits per heavy atom. The molecule has 1 saturated heterocycles. The molecule has 1 N–H and O–H groups in total. The monoisotopic (exact) mass is 337 g/mol. The van der Waals surface area contributed by atoms with Gasteiger partial charge in [-0.05, 0) is 36.0 Å². The molecule has 132 valence electrons. The molecule has 1 heterocycles. The molecular formula is C22H27NO2. The summed E-state index contributed by atoms with van der Waals surface area (Å²) in [5.74, 6) is 1.66. The van der Waals surface area contributed by atoms with E-state index in [1.54, 1.807) is 0 Å². The third-order valence-electron chi connectivity index (χ3n) is 5.39. The van der Waals surface area contributed by atoms with Crippen LogP contribution in [0.4, 0.5) is 0 Å². The number of nitrogens with one attached hydrogen (secondary N) is 1. The largest absolute Gasteiger partial charge is 0.483 e. The van der Waals surface area contributed by atoms with Crippen LogP contribution >= 0.6 is 0 Å². The zero-order chi connectivity index (χ0) is 16.9. The second-order valence-electron chi connectivity index (χ2n) is 7.08. The summed E-state index contributed by atoms with van der Waals surface area (Å²) >= 11 is 0. The summed E-state index contributed by atoms with van der Waals surface area (Å²) in [5.41, 5.74) is 2.54. The lowest BCUT2D eigenvalue weighted by atomic mass is 9.96. The minimum atomic E-state index is -0.0865. The fraction of sp³-hybridized carbons (Fsp3) is 0.455. The summed E-state index contributed by atoms with van der Waals surface area (Å²) in [6.45, 7) is 2.48. The van der Waals surface area contributed by atoms with E-state index in [-0.39, 0.29) is 12.2 Å². The highest BCUT2D eigenvalue weighted by atomic mass is 16.5. The van der Waals surface area contributed by atoms with Crippen LogP contribution in [0, 0.1) is 0 Å². The molecule has 0 bridgehead atoms. The van der Waals surface area contributed by atoms with Gasteiger partial charge in [0.2, 0.25) is 0 Å². The van der Waals surface area contributed by atoms with Crippen LogP contribution in [0.15, 0.2) is 54.6 Å². The Balaban J connectivity index is 1.62. The van der Waals surface area contributed by atoms with Crippen molar-refractivity contribution in [3.8, 4) is 5.75 Å². The lowest BCUT2D eigenvalue weighted by Gasteiger charge is -2.32. The fourth-order valence-electron chi connectivity index (χ4n) is 4.08. The highest BCUT2D eigenvalue weighted by molar-refractivity contribution is 5.37. The van der Waals surface area contributed by atoms with E-state index < -0.39 is 0 Å². The molecule has 1 aliphatic heterocycles. The highest BCUT2D eigenvalue weighted by Gasteiger charge is 2.29. The van der Waals surface area contributed by atoms with Crippen molar-refractivity contribution in [2.45, 2.75) is 43.8 Å². The number of para-hydroxylation sites is 1. The number of hydrogen-bond donors (Lipinski definition) is 1. The molecule has 2 aromatic rings. The van der Waals surface area contributed by atoms with Gasteiger partial charge in [0.25, 0.3) is 0 Å². The molecule has 3 heteroatoms. The van der Waals surface area contributed by atoms with E-state index in [4.69, 9.17) is 9.47 Å². The molecule has 1 aliphatic carbocycles. The summed E-state index contributed by atoms with van der Waals surface area (Å²) in [6, 6.07) is 19.1. The van der Waals surface area contributed by atoms with Crippen LogP contribution in [0.2, 0.25) is 0 Å². The number of benzene rings is 2. The maximum absolute atomic E-state index is 6.62. The topological polar surface area (TPSA) is 30.5 Å². The molecule has 0 radical (unpaired) electrons. The Kier molecular flexibility index (Phi) is 5.34. The molecule has 25 heavy (non-hydrogen) atoms. The molecule has 4 rings (SSSR count). The lowest BCUT2D eigenvalue weighted by molar-refractivity contribution is -0.0435. The average molecular weight is 337 g/mol. The molecular weight excluding hydrogens is 310 g/mol. The molecule has 3 nitrogen and oxygen atoms in total. The number of ether oxygens (including phenoxy) is 2. The Morgan fingerprint density at radius 1 is 0.960 bits per heavy atom. The van der Waals surface area contributed by atoms with Gasteiger partial charge in [-0.1, -0.05) is 61.4 Å². The zero-order valence-electron chi connectivity index (χ0n) is 14.7. The van der Waals surface area contributed by atoms with Gasteiger partial charge in [-0.2, -0.15) is 0 Å². The first kappa shape index (κ1) is 16.6. The van der Waals surface area contributed by atoms with E-state index in [0.717, 1.165) is 25.4 Å². The third-order valence-corrected chi connectivity index (χ3v) is 5.39. The van der Waals surface area contributed by atoms with E-state index in [1.807, 2.05) is 6.07 Å². The Hall–Kier alpha value is -1.84. The highest BCUT2D eigenvalue weighted by Crippen LogP contribution is 2.40. The van der Waals surface area contributed by atoms with Crippen molar-refractivity contribution in [2.75, 3.05) is 19.7 Å². The van der Waals surface area contributed by atoms with Crippen molar-refractivity contribution in [3.63, 3.8) is 0 Å². The van der Waals surface area contributed by atoms with Gasteiger partial charge in [-0.3, -0.25) is 0 Å². The molecule has 2 aromatic carbocycles. The van der Waals surface area contributed by atoms with Crippen LogP contribution in [-0.4, -0.2) is 25.8 Å². The van der Waals surface area contributed by atoms with Crippen molar-refractivity contribution in [2.24, 2.45) is 0 Å². The molecule has 1 unspecified atom stereocenters. The van der Waals surface area contributed by atoms with Gasteiger partial charge in [0.05, 0.1) is 6.61 Å². The predicted molar refractivity (Wildman–Crippen MR) is 100 cm³/mol. The minimum absolute atomic E-state index is 0.0350. The van der Waals surface area contributed by atoms with Crippen LogP contribution < -0.4 is 10.1 Å². The van der Waals surface area contributed by atoms with Crippen molar-refractivity contribution < 1.29 is 9.47 Å². The Morgan fingerprint density at radius 3 is 2.48 bits per heavy atom. The zero-order valence-corrected chi connectivity index (χ0v) is 14.7. The molecule has 1 saturated carbocycles. The van der Waals surface area contributed by atoms with Crippen LogP contribution in [-0.2, 0) is 4.74 Å². The lowest BCUT2D eigenvalue weighted by Crippen LogP contribution is -2.43. The third kappa shape index (κ3) is 3.88. The van der Waals surface area contributed by atoms with E-state index in [2.05, 4.69) is 53.8 Å². The second kappa shape index (κ2) is 8.03. The first-order valence-corrected chi connectivity index (χ1v) is 9.54. The van der Waals surface area contributed by atoms with Crippen molar-refractivity contribution in [1.29, 1.82) is 0 Å². The van der Waals surface area contributed by atoms with Crippen LogP contribution in [0.5, 0.6) is 5.75 Å². The van der Waals surface area contributed by atoms with E-state index in [9.17, 15) is 0 Å². The predicted octanol–water partition coefficient (Wildman–Crippen LogP) is 4.45. The minimum Gasteiger partial charge on any atom is -0.483 e. The van der Waals surface area contributed by atoms with Gasteiger partial charge < -0.3 is 14.8 Å². The number of rotatable bonds is 5. The van der Waals surface area contributed by atoms with Crippen molar-refractivity contribution in [1.82, 2.24) is 5.32 Å². The average Bonchev–Trinajstić information content (AvgIpc) is 3.22. The molecule has 0 spiro atoms. The van der Waals surface area contributed by atoms with Crippen LogP contribution in [0.25, 0.3) is 0 Å². The summed E-state index contributed by atoms with van der Waals surface area (Å²) in [7, 11) is 0. The van der Waals surface area contributed by atoms with Crippen molar-refractivity contribution in [3.05, 3.63) is 65.7 Å². The SMILES string of the molecule is c1ccc(C(Oc2ccccc2C2CCCC2)[C@@H]2CNCCO2)cc1. The molecule has 2 fully saturated rings. The molecule has 2 aliphatic rings. The maximum atomic E-state index is 6.62. The van der Waals surface area contributed by atoms with Gasteiger partial charge in [0, 0.05) is 13.1 Å². The standard InChI is InChI=1S/C22H27NO2/c1-2-10-18(11-3-1)22(21-16-23-14-15-24-21)25-20-13-7-6-12-19(20)17-8-4-5-9-17/h1-3,6-7,10-13,17,21-23H,4-5,8-9,14-16H2/t21-,22?/m0/s1. The smallest absolute Gasteiger partial charge is 0.151 e. The number of hydrogen-bond acceptors (Lipinski definition) is 3. The summed E-state index contributed by atoms with van der Waals surface area (Å²) in [5, 5.41) is 3.44. The second-order valence-corrected chi connectivity index (χ2v) is 7.08. The molecule has 0 amide bonds. The van der Waals surface area contributed by atoms with Crippen LogP contribution in [0.3, 0.4) is 0 Å². The molecule has 2 atom stereocenters. The van der Waals surface area contributed by atoms with Crippen LogP contribution in [0.1, 0.15) is 48.8 Å². The van der Waals surface area contributed by atoms with Gasteiger partial charge in [0.1, 0.15) is 11.9 Å². The molecule has 0 aromatic heterocycles. The summed E-state index contributed by atoms with van der Waals surface area (Å²) in [6.07, 6.45) is 5.16. The Labute approximate surface area is 150 Å². The van der Waals surface area contributed by atoms with Gasteiger partial charge in [0.15, 0.2) is 6.10 Å². The Bertz CT molecular complexity index is 661. The summed E-state index contributed by atoms with van der Waals surface area (Å²) in [4.78, 5) is 0. The van der Waals surface area contributed by atoms with E-state index in [1.165, 1.54) is 36.8 Å². The van der Waals surface area contributed by atoms with Gasteiger partial charge >= 0.3 is 0 Å². The van der Waals surface area contributed by atoms with Gasteiger partial charge in [-0.15, -0.1) is 0 Å².